The molecule has 12 heteroatoms. The third-order valence-electron chi connectivity index (χ3n) is 2.86. The fourth-order valence-corrected chi connectivity index (χ4v) is 1.97. The molecule has 1 fully saturated rings. The number of carbonyl (C=O) groups is 3. The van der Waals surface area contributed by atoms with Crippen LogP contribution in [0.2, 0.25) is 0 Å². The molecule has 0 heterocycles. The molecule has 1 unspecified atom stereocenters. The first-order valence-corrected chi connectivity index (χ1v) is 10.5. The SMILES string of the molecule is O=C1CCCC(C(=O)c2ccccc2)C1=O.O=[As]O.O[As](O)O.[KH].[NaH]. The van der Waals surface area contributed by atoms with Crippen LogP contribution in [0.15, 0.2) is 30.3 Å². The van der Waals surface area contributed by atoms with Gasteiger partial charge < -0.3 is 0 Å². The van der Waals surface area contributed by atoms with Gasteiger partial charge in [-0.2, -0.15) is 0 Å². The Labute approximate surface area is 222 Å². The Kier molecular flexibility index (Phi) is 23.8. The van der Waals surface area contributed by atoms with Gasteiger partial charge in [0.2, 0.25) is 5.78 Å². The van der Waals surface area contributed by atoms with Crippen molar-refractivity contribution in [1.82, 2.24) is 0 Å². The van der Waals surface area contributed by atoms with E-state index in [2.05, 4.69) is 0 Å². The van der Waals surface area contributed by atoms with Crippen LogP contribution in [-0.2, 0) is 13.3 Å². The van der Waals surface area contributed by atoms with E-state index in [-0.39, 0.29) is 93.1 Å². The maximum atomic E-state index is 12.0. The van der Waals surface area contributed by atoms with Crippen molar-refractivity contribution in [2.24, 2.45) is 5.92 Å². The Morgan fingerprint density at radius 1 is 1.12 bits per heavy atom. The monoisotopic (exact) mass is 514 g/mol. The number of benzene rings is 1. The van der Waals surface area contributed by atoms with Crippen molar-refractivity contribution in [1.29, 1.82) is 0 Å². The number of ketones is 3. The summed E-state index contributed by atoms with van der Waals surface area (Å²) in [5, 5.41) is 0. The van der Waals surface area contributed by atoms with Gasteiger partial charge in [0.05, 0.1) is 5.92 Å². The Morgan fingerprint density at radius 3 is 2.00 bits per heavy atom. The quantitative estimate of drug-likeness (QED) is 0.145. The van der Waals surface area contributed by atoms with Crippen molar-refractivity contribution in [2.45, 2.75) is 19.3 Å². The van der Waals surface area contributed by atoms with E-state index in [0.29, 0.717) is 18.4 Å². The molecule has 130 valence electrons. The second-order valence-electron chi connectivity index (χ2n) is 4.31. The van der Waals surface area contributed by atoms with E-state index in [4.69, 9.17) is 20.1 Å². The van der Waals surface area contributed by atoms with Crippen molar-refractivity contribution >= 4 is 130 Å². The predicted molar refractivity (Wildman–Crippen MR) is 93.5 cm³/mol. The fourth-order valence-electron chi connectivity index (χ4n) is 1.97. The maximum absolute atomic E-state index is 12.0. The molecule has 1 aliphatic rings. The van der Waals surface area contributed by atoms with E-state index < -0.39 is 49.2 Å². The van der Waals surface area contributed by atoms with E-state index in [1.54, 1.807) is 24.3 Å². The molecule has 1 atom stereocenters. The van der Waals surface area contributed by atoms with Gasteiger partial charge >= 0.3 is 133 Å². The zero-order chi connectivity index (χ0) is 17.8. The Hall–Kier alpha value is 1.62. The minimum atomic E-state index is -3.19. The first-order valence-electron chi connectivity index (χ1n) is 6.34. The van der Waals surface area contributed by atoms with Crippen molar-refractivity contribution in [3.05, 3.63) is 35.9 Å². The summed E-state index contributed by atoms with van der Waals surface area (Å²) in [6.45, 7) is 0. The normalized spacial score (nSPS) is 15.6. The predicted octanol–water partition coefficient (Wildman–Crippen LogP) is -2.60. The van der Waals surface area contributed by atoms with Crippen LogP contribution in [0, 0.1) is 5.92 Å². The Bertz CT molecular complexity index is 541. The molecule has 0 saturated heterocycles. The number of carbonyl (C=O) groups excluding carboxylic acids is 3. The van der Waals surface area contributed by atoms with Crippen molar-refractivity contribution < 1.29 is 34.5 Å². The van der Waals surface area contributed by atoms with Crippen LogP contribution in [0.25, 0.3) is 0 Å². The van der Waals surface area contributed by atoms with Crippen LogP contribution in [-0.4, -0.2) is 146 Å². The number of Topliss-reactive ketones (excluding diaryl/α,β-unsaturated/α-hetero) is 3. The average molecular weight is 514 g/mol. The molecule has 1 aliphatic carbocycles. The molecule has 25 heavy (non-hydrogen) atoms. The molecule has 0 spiro atoms. The molecule has 1 aromatic rings. The summed E-state index contributed by atoms with van der Waals surface area (Å²) >= 11 is -4.75. The Morgan fingerprint density at radius 2 is 1.56 bits per heavy atom. The van der Waals surface area contributed by atoms with Crippen molar-refractivity contribution in [2.75, 3.05) is 0 Å². The zero-order valence-electron chi connectivity index (χ0n) is 11.9. The van der Waals surface area contributed by atoms with Gasteiger partial charge in [-0.1, -0.05) is 30.3 Å². The van der Waals surface area contributed by atoms with Gasteiger partial charge in [0.25, 0.3) is 0 Å². The van der Waals surface area contributed by atoms with E-state index >= 15 is 0 Å². The molecule has 0 aromatic heterocycles. The molecule has 0 amide bonds. The molecule has 8 nitrogen and oxygen atoms in total. The molecular weight excluding hydrogens is 496 g/mol. The van der Waals surface area contributed by atoms with Crippen molar-refractivity contribution in [3.8, 4) is 0 Å². The van der Waals surface area contributed by atoms with Gasteiger partial charge in [-0.15, -0.1) is 0 Å². The third-order valence-corrected chi connectivity index (χ3v) is 2.86. The summed E-state index contributed by atoms with van der Waals surface area (Å²) in [7, 11) is 0. The number of hydrogen-bond donors (Lipinski definition) is 4. The molecule has 2 rings (SSSR count). The summed E-state index contributed by atoms with van der Waals surface area (Å²) in [5.74, 6) is -1.89. The van der Waals surface area contributed by atoms with Crippen LogP contribution in [0.5, 0.6) is 0 Å². The molecule has 4 N–H and O–H groups in total. The second-order valence-corrected chi connectivity index (χ2v) is 5.78. The third kappa shape index (κ3) is 14.3. The van der Waals surface area contributed by atoms with Crippen molar-refractivity contribution in [3.63, 3.8) is 0 Å². The first-order chi connectivity index (χ1) is 10.8. The van der Waals surface area contributed by atoms with Crippen LogP contribution < -0.4 is 0 Å². The molecule has 0 bridgehead atoms. The molecule has 0 radical (unpaired) electrons. The fraction of sp³-hybridized carbons (Fsp3) is 0.308. The molecule has 1 saturated carbocycles. The molecular formula is C13H18As2KNaO8. The standard InChI is InChI=1S/C13H12O3.AsH3O3.AsHO2.K.Na.2H/c14-11-8-4-7-10(13(11)16)12(15)9-5-2-1-3-6-9;2-1(3)4;2-1-3;;;;/h1-3,5-6,10H,4,7-8H2;2-4H;(H,2,3);;;;. The average Bonchev–Trinajstić information content (AvgIpc) is 2.50. The summed E-state index contributed by atoms with van der Waals surface area (Å²) in [5.41, 5.74) is 0.510. The number of rotatable bonds is 2. The number of hydrogen-bond acceptors (Lipinski definition) is 7. The van der Waals surface area contributed by atoms with Crippen LogP contribution in [0.3, 0.4) is 0 Å². The van der Waals surface area contributed by atoms with Crippen LogP contribution in [0.1, 0.15) is 29.6 Å². The van der Waals surface area contributed by atoms with Crippen LogP contribution in [0.4, 0.5) is 0 Å². The van der Waals surface area contributed by atoms with Gasteiger partial charge in [-0.3, -0.25) is 14.4 Å². The van der Waals surface area contributed by atoms with Gasteiger partial charge in [-0.25, -0.2) is 0 Å². The molecule has 0 aliphatic heterocycles. The topological polar surface area (TPSA) is 149 Å². The van der Waals surface area contributed by atoms with Gasteiger partial charge in [-0.05, 0) is 12.8 Å². The summed E-state index contributed by atoms with van der Waals surface area (Å²) in [4.78, 5) is 34.8. The molecule has 1 aromatic carbocycles. The first kappa shape index (κ1) is 31.3. The van der Waals surface area contributed by atoms with E-state index in [1.165, 1.54) is 0 Å². The second kappa shape index (κ2) is 19.0. The van der Waals surface area contributed by atoms with E-state index in [0.717, 1.165) is 0 Å². The van der Waals surface area contributed by atoms with Gasteiger partial charge in [0.1, 0.15) is 0 Å². The zero-order valence-corrected chi connectivity index (χ0v) is 15.7. The van der Waals surface area contributed by atoms with E-state index in [1.807, 2.05) is 6.07 Å². The van der Waals surface area contributed by atoms with Gasteiger partial charge in [0.15, 0.2) is 11.6 Å². The summed E-state index contributed by atoms with van der Waals surface area (Å²) in [6, 6.07) is 8.67. The minimum absolute atomic E-state index is 0. The van der Waals surface area contributed by atoms with Gasteiger partial charge in [0, 0.05) is 12.0 Å². The Balaban J connectivity index is -0.000000467. The summed E-state index contributed by atoms with van der Waals surface area (Å²) < 4.78 is 37.6. The summed E-state index contributed by atoms with van der Waals surface area (Å²) in [6.07, 6.45) is 1.42. The van der Waals surface area contributed by atoms with E-state index in [9.17, 15) is 14.4 Å². The van der Waals surface area contributed by atoms with Crippen LogP contribution >= 0.6 is 0 Å².